The first kappa shape index (κ1) is 24.5. The Kier molecular flexibility index (Phi) is 7.11. The lowest BCUT2D eigenvalue weighted by Gasteiger charge is -2.14. The van der Waals surface area contributed by atoms with Gasteiger partial charge in [0.25, 0.3) is 5.56 Å². The Morgan fingerprint density at radius 1 is 1.11 bits per heavy atom. The van der Waals surface area contributed by atoms with Crippen molar-refractivity contribution in [3.05, 3.63) is 90.8 Å². The van der Waals surface area contributed by atoms with E-state index >= 15 is 0 Å². The molecule has 1 aliphatic heterocycles. The van der Waals surface area contributed by atoms with Crippen molar-refractivity contribution < 1.29 is 14.2 Å². The molecule has 0 saturated heterocycles. The Balaban J connectivity index is 1.39. The van der Waals surface area contributed by atoms with Crippen molar-refractivity contribution in [1.29, 1.82) is 0 Å². The normalized spacial score (nSPS) is 13.4. The maximum atomic E-state index is 13.3. The molecule has 0 amide bonds. The van der Waals surface area contributed by atoms with Gasteiger partial charge in [-0.2, -0.15) is 9.78 Å². The molecular weight excluding hydrogens is 590 g/mol. The summed E-state index contributed by atoms with van der Waals surface area (Å²) in [5, 5.41) is 5.05. The highest BCUT2D eigenvalue weighted by Gasteiger charge is 2.16. The summed E-state index contributed by atoms with van der Waals surface area (Å²) in [6, 6.07) is 16.9. The zero-order valence-electron chi connectivity index (χ0n) is 19.7. The van der Waals surface area contributed by atoms with Gasteiger partial charge in [0, 0.05) is 10.4 Å². The van der Waals surface area contributed by atoms with Gasteiger partial charge in [0.1, 0.15) is 18.2 Å². The minimum absolute atomic E-state index is 0.0709. The lowest BCUT2D eigenvalue weighted by molar-refractivity contribution is 0.174. The fraction of sp³-hybridized carbons (Fsp3) is 0.222. The number of benzene rings is 3. The van der Waals surface area contributed by atoms with Crippen molar-refractivity contribution in [2.24, 2.45) is 5.10 Å². The lowest BCUT2D eigenvalue weighted by Crippen LogP contribution is -2.23. The summed E-state index contributed by atoms with van der Waals surface area (Å²) in [6.45, 7) is 4.73. The predicted molar refractivity (Wildman–Crippen MR) is 146 cm³/mol. The molecule has 0 N–H and O–H groups in total. The average Bonchev–Trinajstić information content (AvgIpc) is 3.35. The monoisotopic (exact) mass is 611 g/mol. The molecule has 0 spiro atoms. The quantitative estimate of drug-likeness (QED) is 0.219. The topological polar surface area (TPSA) is 74.9 Å². The maximum absolute atomic E-state index is 13.3. The van der Waals surface area contributed by atoms with E-state index in [4.69, 9.17) is 19.2 Å². The molecule has 0 bridgehead atoms. The van der Waals surface area contributed by atoms with E-state index in [9.17, 15) is 4.79 Å². The van der Waals surface area contributed by atoms with Crippen LogP contribution in [-0.2, 0) is 6.61 Å². The van der Waals surface area contributed by atoms with Crippen molar-refractivity contribution in [3.8, 4) is 17.2 Å². The molecule has 184 valence electrons. The van der Waals surface area contributed by atoms with Crippen LogP contribution < -0.4 is 19.8 Å². The number of halogens is 2. The Bertz CT molecular complexity index is 1530. The lowest BCUT2D eigenvalue weighted by atomic mass is 10.1. The molecule has 0 fully saturated rings. The summed E-state index contributed by atoms with van der Waals surface area (Å²) in [4.78, 5) is 18.0. The second kappa shape index (κ2) is 10.4. The van der Waals surface area contributed by atoms with E-state index in [1.54, 1.807) is 12.3 Å². The Hall–Kier alpha value is -3.17. The van der Waals surface area contributed by atoms with Crippen LogP contribution in [0, 0.1) is 0 Å². The van der Waals surface area contributed by atoms with Crippen molar-refractivity contribution >= 4 is 49.0 Å². The average molecular weight is 613 g/mol. The minimum Gasteiger partial charge on any atom is -0.488 e. The first-order chi connectivity index (χ1) is 17.4. The fourth-order valence-electron chi connectivity index (χ4n) is 3.81. The number of nitrogens with zero attached hydrogens (tertiary/aromatic N) is 3. The van der Waals surface area contributed by atoms with Gasteiger partial charge in [0.2, 0.25) is 6.79 Å². The second-order valence-corrected chi connectivity index (χ2v) is 10.2. The first-order valence-electron chi connectivity index (χ1n) is 11.5. The maximum Gasteiger partial charge on any atom is 0.282 e. The third-order valence-electron chi connectivity index (χ3n) is 6.00. The number of rotatable bonds is 7. The van der Waals surface area contributed by atoms with Gasteiger partial charge >= 0.3 is 0 Å². The van der Waals surface area contributed by atoms with Gasteiger partial charge in [-0.05, 0) is 82.0 Å². The molecule has 7 nitrogen and oxygen atoms in total. The molecule has 1 aromatic heterocycles. The van der Waals surface area contributed by atoms with Crippen LogP contribution in [0.2, 0.25) is 0 Å². The molecule has 4 aromatic rings. The van der Waals surface area contributed by atoms with E-state index in [-0.39, 0.29) is 18.3 Å². The van der Waals surface area contributed by atoms with E-state index in [2.05, 4.69) is 43.9 Å². The molecule has 9 heteroatoms. The highest BCUT2D eigenvalue weighted by molar-refractivity contribution is 9.10. The van der Waals surface area contributed by atoms with Gasteiger partial charge in [0.15, 0.2) is 11.5 Å². The van der Waals surface area contributed by atoms with E-state index in [0.717, 1.165) is 38.0 Å². The van der Waals surface area contributed by atoms with E-state index in [1.165, 1.54) is 4.68 Å². The van der Waals surface area contributed by atoms with Crippen LogP contribution in [0.3, 0.4) is 0 Å². The Labute approximate surface area is 225 Å². The molecule has 2 heterocycles. The van der Waals surface area contributed by atoms with Gasteiger partial charge in [0.05, 0.1) is 21.6 Å². The van der Waals surface area contributed by atoms with Crippen LogP contribution in [0.1, 0.15) is 43.1 Å². The molecule has 0 unspecified atom stereocenters. The first-order valence-corrected chi connectivity index (χ1v) is 13.1. The predicted octanol–water partition coefficient (Wildman–Crippen LogP) is 6.62. The van der Waals surface area contributed by atoms with E-state index in [0.29, 0.717) is 29.1 Å². The van der Waals surface area contributed by atoms with Crippen molar-refractivity contribution in [3.63, 3.8) is 0 Å². The van der Waals surface area contributed by atoms with Crippen LogP contribution in [0.25, 0.3) is 10.9 Å². The molecule has 0 aliphatic carbocycles. The summed E-state index contributed by atoms with van der Waals surface area (Å²) < 4.78 is 19.8. The van der Waals surface area contributed by atoms with Crippen LogP contribution in [0.4, 0.5) is 0 Å². The number of aromatic nitrogens is 2. The largest absolute Gasteiger partial charge is 0.488 e. The third-order valence-corrected chi connectivity index (χ3v) is 7.11. The van der Waals surface area contributed by atoms with Gasteiger partial charge in [-0.15, -0.1) is 0 Å². The highest BCUT2D eigenvalue weighted by atomic mass is 79.9. The van der Waals surface area contributed by atoms with Gasteiger partial charge in [-0.1, -0.05) is 35.8 Å². The van der Waals surface area contributed by atoms with E-state index < -0.39 is 0 Å². The standard InChI is InChI=1S/C27H23Br2N3O4/c1-3-16(2)26-31-22-7-6-19(28)12-20(22)27(33)32(26)30-13-17-4-8-23(21(29)10-17)34-14-18-5-9-24-25(11-18)36-15-35-24/h4-13,16H,3,14-15H2,1-2H3/t16-/m0/s1. The van der Waals surface area contributed by atoms with Gasteiger partial charge < -0.3 is 14.2 Å². The molecule has 5 rings (SSSR count). The number of fused-ring (bicyclic) bond motifs is 2. The summed E-state index contributed by atoms with van der Waals surface area (Å²) in [6.07, 6.45) is 2.50. The molecule has 1 aliphatic rings. The van der Waals surface area contributed by atoms with Gasteiger partial charge in [-0.25, -0.2) is 4.98 Å². The Morgan fingerprint density at radius 3 is 2.75 bits per heavy atom. The minimum atomic E-state index is -0.199. The zero-order valence-corrected chi connectivity index (χ0v) is 22.9. The van der Waals surface area contributed by atoms with Crippen molar-refractivity contribution in [2.75, 3.05) is 6.79 Å². The van der Waals surface area contributed by atoms with Crippen LogP contribution in [-0.4, -0.2) is 22.7 Å². The molecular formula is C27H23Br2N3O4. The summed E-state index contributed by atoms with van der Waals surface area (Å²) >= 11 is 7.02. The molecule has 3 aromatic carbocycles. The highest BCUT2D eigenvalue weighted by Crippen LogP contribution is 2.33. The van der Waals surface area contributed by atoms with Crippen LogP contribution in [0.5, 0.6) is 17.2 Å². The van der Waals surface area contributed by atoms with E-state index in [1.807, 2.05) is 55.5 Å². The van der Waals surface area contributed by atoms with Gasteiger partial charge in [-0.3, -0.25) is 4.79 Å². The molecule has 0 radical (unpaired) electrons. The fourth-order valence-corrected chi connectivity index (χ4v) is 4.68. The number of hydrogen-bond acceptors (Lipinski definition) is 6. The van der Waals surface area contributed by atoms with Crippen LogP contribution >= 0.6 is 31.9 Å². The van der Waals surface area contributed by atoms with Crippen molar-refractivity contribution in [1.82, 2.24) is 9.66 Å². The second-order valence-electron chi connectivity index (χ2n) is 8.47. The number of hydrogen-bond donors (Lipinski definition) is 0. The van der Waals surface area contributed by atoms with Crippen LogP contribution in [0.15, 0.2) is 73.4 Å². The summed E-state index contributed by atoms with van der Waals surface area (Å²) in [5.74, 6) is 2.87. The summed E-state index contributed by atoms with van der Waals surface area (Å²) in [7, 11) is 0. The number of ether oxygens (including phenoxy) is 3. The Morgan fingerprint density at radius 2 is 1.94 bits per heavy atom. The third kappa shape index (κ3) is 5.03. The van der Waals surface area contributed by atoms with Crippen molar-refractivity contribution in [2.45, 2.75) is 32.8 Å². The SMILES string of the molecule is CC[C@H](C)c1nc2ccc(Br)cc2c(=O)n1N=Cc1ccc(OCc2ccc3c(c2)OCO3)c(Br)c1. The molecule has 0 saturated carbocycles. The summed E-state index contributed by atoms with van der Waals surface area (Å²) in [5.41, 5.74) is 2.25. The zero-order chi connectivity index (χ0) is 25.2. The molecule has 36 heavy (non-hydrogen) atoms. The smallest absolute Gasteiger partial charge is 0.282 e. The molecule has 1 atom stereocenters.